The highest BCUT2D eigenvalue weighted by atomic mass is 32.2. The first-order valence-corrected chi connectivity index (χ1v) is 14.6. The molecule has 0 saturated heterocycles. The zero-order valence-corrected chi connectivity index (χ0v) is 23.8. The molecule has 200 valence electrons. The minimum Gasteiger partial charge on any atom is -0.325 e. The van der Waals surface area contributed by atoms with Crippen LogP contribution in [0.4, 0.5) is 5.69 Å². The fourth-order valence-electron chi connectivity index (χ4n) is 3.88. The number of aromatic nitrogens is 3. The fraction of sp³-hybridized carbons (Fsp3) is 0.423. The van der Waals surface area contributed by atoms with E-state index in [1.165, 1.54) is 23.9 Å². The van der Waals surface area contributed by atoms with Gasteiger partial charge in [-0.05, 0) is 71.1 Å². The Labute approximate surface area is 224 Å². The van der Waals surface area contributed by atoms with Crippen molar-refractivity contribution in [2.75, 3.05) is 19.4 Å². The van der Waals surface area contributed by atoms with Crippen molar-refractivity contribution in [2.45, 2.75) is 68.0 Å². The molecule has 9 nitrogen and oxygen atoms in total. The van der Waals surface area contributed by atoms with Gasteiger partial charge in [0.1, 0.15) is 0 Å². The summed E-state index contributed by atoms with van der Waals surface area (Å²) in [6.45, 7) is 8.06. The third-order valence-corrected chi connectivity index (χ3v) is 8.47. The SMILES string of the molecule is CCC(c1nnc(SC(C)C(=O)Nc2ccc(S(=O)(=O)NC(C)C)cc2)n1Cc1ccccc1)N(C)C. The lowest BCUT2D eigenvalue weighted by Gasteiger charge is -2.23. The summed E-state index contributed by atoms with van der Waals surface area (Å²) >= 11 is 1.34. The van der Waals surface area contributed by atoms with Gasteiger partial charge in [0, 0.05) is 11.7 Å². The number of anilines is 1. The molecule has 1 heterocycles. The number of amides is 1. The Morgan fingerprint density at radius 3 is 2.24 bits per heavy atom. The van der Waals surface area contributed by atoms with E-state index in [0.717, 1.165) is 17.8 Å². The Morgan fingerprint density at radius 1 is 1.03 bits per heavy atom. The highest BCUT2D eigenvalue weighted by molar-refractivity contribution is 8.00. The van der Waals surface area contributed by atoms with Crippen LogP contribution < -0.4 is 10.0 Å². The van der Waals surface area contributed by atoms with Gasteiger partial charge in [-0.15, -0.1) is 10.2 Å². The van der Waals surface area contributed by atoms with Crippen LogP contribution in [-0.2, 0) is 21.4 Å². The second-order valence-corrected chi connectivity index (χ2v) is 12.4. The smallest absolute Gasteiger partial charge is 0.240 e. The minimum absolute atomic E-state index is 0.0923. The zero-order valence-electron chi connectivity index (χ0n) is 22.2. The molecule has 0 aliphatic carbocycles. The predicted molar refractivity (Wildman–Crippen MR) is 148 cm³/mol. The number of carbonyl (C=O) groups excluding carboxylic acids is 1. The van der Waals surface area contributed by atoms with E-state index in [2.05, 4.69) is 48.8 Å². The third-order valence-electron chi connectivity index (χ3n) is 5.71. The third kappa shape index (κ3) is 7.64. The number of carbonyl (C=O) groups is 1. The lowest BCUT2D eigenvalue weighted by atomic mass is 10.2. The first-order chi connectivity index (χ1) is 17.5. The normalized spacial score (nSPS) is 13.6. The van der Waals surface area contributed by atoms with Crippen molar-refractivity contribution < 1.29 is 13.2 Å². The molecule has 0 fully saturated rings. The second-order valence-electron chi connectivity index (χ2n) is 9.35. The van der Waals surface area contributed by atoms with Crippen LogP contribution in [-0.4, -0.2) is 59.4 Å². The minimum atomic E-state index is -3.59. The van der Waals surface area contributed by atoms with Gasteiger partial charge in [-0.25, -0.2) is 13.1 Å². The summed E-state index contributed by atoms with van der Waals surface area (Å²) in [5, 5.41) is 12.0. The summed E-state index contributed by atoms with van der Waals surface area (Å²) in [4.78, 5) is 15.3. The molecule has 2 aromatic carbocycles. The van der Waals surface area contributed by atoms with Crippen molar-refractivity contribution >= 4 is 33.4 Å². The molecule has 2 unspecified atom stereocenters. The summed E-state index contributed by atoms with van der Waals surface area (Å²) < 4.78 is 29.3. The van der Waals surface area contributed by atoms with Gasteiger partial charge >= 0.3 is 0 Å². The molecule has 3 rings (SSSR count). The molecule has 0 aliphatic heterocycles. The van der Waals surface area contributed by atoms with E-state index >= 15 is 0 Å². The van der Waals surface area contributed by atoms with Crippen LogP contribution >= 0.6 is 11.8 Å². The van der Waals surface area contributed by atoms with Crippen molar-refractivity contribution in [1.82, 2.24) is 24.4 Å². The second kappa shape index (κ2) is 12.7. The number of sulfonamides is 1. The Balaban J connectivity index is 1.76. The van der Waals surface area contributed by atoms with Crippen LogP contribution in [0.25, 0.3) is 0 Å². The van der Waals surface area contributed by atoms with E-state index in [0.29, 0.717) is 17.4 Å². The van der Waals surface area contributed by atoms with E-state index < -0.39 is 15.3 Å². The van der Waals surface area contributed by atoms with Crippen molar-refractivity contribution in [1.29, 1.82) is 0 Å². The molecule has 2 N–H and O–H groups in total. The Morgan fingerprint density at radius 2 is 1.68 bits per heavy atom. The number of rotatable bonds is 12. The van der Waals surface area contributed by atoms with Crippen molar-refractivity contribution in [2.24, 2.45) is 0 Å². The quantitative estimate of drug-likeness (QED) is 0.330. The molecule has 0 saturated carbocycles. The highest BCUT2D eigenvalue weighted by Gasteiger charge is 2.25. The molecule has 3 aromatic rings. The standard InChI is InChI=1S/C26H36N6O3S2/c1-7-23(31(5)6)24-28-29-26(32(24)17-20-11-9-8-10-12-20)36-19(4)25(33)27-21-13-15-22(16-14-21)37(34,35)30-18(2)3/h8-16,18-19,23,30H,7,17H2,1-6H3,(H,27,33). The Bertz CT molecular complexity index is 1280. The van der Waals surface area contributed by atoms with Gasteiger partial charge in [0.25, 0.3) is 0 Å². The fourth-order valence-corrected chi connectivity index (χ4v) is 5.98. The number of thioether (sulfide) groups is 1. The summed E-state index contributed by atoms with van der Waals surface area (Å²) in [6.07, 6.45) is 0.874. The molecule has 1 amide bonds. The van der Waals surface area contributed by atoms with Gasteiger partial charge in [-0.3, -0.25) is 9.69 Å². The lowest BCUT2D eigenvalue weighted by Crippen LogP contribution is -2.30. The molecule has 2 atom stereocenters. The maximum Gasteiger partial charge on any atom is 0.240 e. The van der Waals surface area contributed by atoms with Crippen LogP contribution in [0.5, 0.6) is 0 Å². The average Bonchev–Trinajstić information content (AvgIpc) is 3.21. The molecule has 0 aliphatic rings. The van der Waals surface area contributed by atoms with Crippen LogP contribution in [0.15, 0.2) is 64.6 Å². The van der Waals surface area contributed by atoms with Crippen molar-refractivity contribution in [3.8, 4) is 0 Å². The van der Waals surface area contributed by atoms with Crippen molar-refractivity contribution in [3.05, 3.63) is 66.0 Å². The van der Waals surface area contributed by atoms with E-state index in [4.69, 9.17) is 0 Å². The zero-order chi connectivity index (χ0) is 27.2. The molecule has 0 radical (unpaired) electrons. The van der Waals surface area contributed by atoms with Crippen LogP contribution in [0.3, 0.4) is 0 Å². The topological polar surface area (TPSA) is 109 Å². The van der Waals surface area contributed by atoms with Crippen LogP contribution in [0.2, 0.25) is 0 Å². The molecule has 1 aromatic heterocycles. The van der Waals surface area contributed by atoms with Gasteiger partial charge in [-0.2, -0.15) is 0 Å². The molecular weight excluding hydrogens is 508 g/mol. The largest absolute Gasteiger partial charge is 0.325 e. The van der Waals surface area contributed by atoms with E-state index in [-0.39, 0.29) is 22.9 Å². The van der Waals surface area contributed by atoms with E-state index in [1.807, 2.05) is 39.2 Å². The van der Waals surface area contributed by atoms with E-state index in [1.54, 1.807) is 26.0 Å². The van der Waals surface area contributed by atoms with E-state index in [9.17, 15) is 13.2 Å². The lowest BCUT2D eigenvalue weighted by molar-refractivity contribution is -0.115. The van der Waals surface area contributed by atoms with Gasteiger partial charge in [-0.1, -0.05) is 49.0 Å². The number of benzene rings is 2. The number of hydrogen-bond donors (Lipinski definition) is 2. The van der Waals surface area contributed by atoms with Crippen molar-refractivity contribution in [3.63, 3.8) is 0 Å². The number of hydrogen-bond acceptors (Lipinski definition) is 7. The molecule has 0 spiro atoms. The first-order valence-electron chi connectivity index (χ1n) is 12.2. The summed E-state index contributed by atoms with van der Waals surface area (Å²) in [6, 6.07) is 16.1. The summed E-state index contributed by atoms with van der Waals surface area (Å²) in [7, 11) is 0.450. The number of nitrogens with zero attached hydrogens (tertiary/aromatic N) is 4. The summed E-state index contributed by atoms with van der Waals surface area (Å²) in [5.41, 5.74) is 1.64. The summed E-state index contributed by atoms with van der Waals surface area (Å²) in [5.74, 6) is 0.648. The van der Waals surface area contributed by atoms with Gasteiger partial charge < -0.3 is 9.88 Å². The molecule has 37 heavy (non-hydrogen) atoms. The van der Waals surface area contributed by atoms with Gasteiger partial charge in [0.05, 0.1) is 22.7 Å². The highest BCUT2D eigenvalue weighted by Crippen LogP contribution is 2.29. The molecular formula is C26H36N6O3S2. The average molecular weight is 545 g/mol. The number of nitrogens with one attached hydrogen (secondary N) is 2. The maximum atomic E-state index is 13.0. The van der Waals surface area contributed by atoms with Crippen LogP contribution in [0, 0.1) is 0 Å². The predicted octanol–water partition coefficient (Wildman–Crippen LogP) is 4.15. The Hall–Kier alpha value is -2.73. The maximum absolute atomic E-state index is 13.0. The first kappa shape index (κ1) is 28.8. The van der Waals surface area contributed by atoms with Gasteiger partial charge in [0.2, 0.25) is 15.9 Å². The monoisotopic (exact) mass is 544 g/mol. The molecule has 11 heteroatoms. The van der Waals surface area contributed by atoms with Gasteiger partial charge in [0.15, 0.2) is 11.0 Å². The Kier molecular flexibility index (Phi) is 9.88. The molecule has 0 bridgehead atoms. The van der Waals surface area contributed by atoms with Crippen LogP contribution in [0.1, 0.15) is 51.5 Å².